The van der Waals surface area contributed by atoms with Crippen molar-refractivity contribution in [2.24, 2.45) is 5.92 Å². The molecule has 2 N–H and O–H groups in total. The number of hydrogen-bond acceptors (Lipinski definition) is 5. The molecule has 0 bridgehead atoms. The van der Waals surface area contributed by atoms with Gasteiger partial charge in [-0.2, -0.15) is 0 Å². The van der Waals surface area contributed by atoms with Crippen LogP contribution in [0.15, 0.2) is 24.3 Å². The minimum atomic E-state index is -0.162. The average Bonchev–Trinajstić information content (AvgIpc) is 2.72. The number of likely N-dealkylation sites (tertiary alicyclic amines) is 1. The van der Waals surface area contributed by atoms with E-state index in [4.69, 9.17) is 4.74 Å². The van der Waals surface area contributed by atoms with E-state index in [-0.39, 0.29) is 36.3 Å². The SMILES string of the molecule is CCOC(=O)C1CCN(C(=O)CNc2ccc(C(=O)NC(C)CC)cc2)CC1. The molecule has 0 aromatic heterocycles. The maximum Gasteiger partial charge on any atom is 0.309 e. The van der Waals surface area contributed by atoms with E-state index in [2.05, 4.69) is 10.6 Å². The molecule has 1 fully saturated rings. The van der Waals surface area contributed by atoms with Crippen LogP contribution in [0.25, 0.3) is 0 Å². The molecule has 154 valence electrons. The molecule has 1 heterocycles. The summed E-state index contributed by atoms with van der Waals surface area (Å²) < 4.78 is 5.05. The van der Waals surface area contributed by atoms with Gasteiger partial charge in [-0.05, 0) is 57.4 Å². The van der Waals surface area contributed by atoms with Gasteiger partial charge in [0.05, 0.1) is 19.1 Å². The minimum absolute atomic E-state index is 0.000832. The molecule has 0 saturated carbocycles. The Morgan fingerprint density at radius 1 is 1.14 bits per heavy atom. The molecular weight excluding hydrogens is 358 g/mol. The molecule has 2 rings (SSSR count). The molecule has 0 radical (unpaired) electrons. The van der Waals surface area contributed by atoms with Crippen molar-refractivity contribution in [3.8, 4) is 0 Å². The summed E-state index contributed by atoms with van der Waals surface area (Å²) in [5.74, 6) is -0.362. The molecule has 1 aliphatic rings. The lowest BCUT2D eigenvalue weighted by Crippen LogP contribution is -2.43. The summed E-state index contributed by atoms with van der Waals surface area (Å²) in [5.41, 5.74) is 1.38. The van der Waals surface area contributed by atoms with Crippen molar-refractivity contribution in [1.82, 2.24) is 10.2 Å². The summed E-state index contributed by atoms with van der Waals surface area (Å²) in [4.78, 5) is 38.0. The first kappa shape index (κ1) is 21.7. The largest absolute Gasteiger partial charge is 0.466 e. The van der Waals surface area contributed by atoms with Crippen molar-refractivity contribution in [3.05, 3.63) is 29.8 Å². The van der Waals surface area contributed by atoms with Gasteiger partial charge in [-0.3, -0.25) is 14.4 Å². The highest BCUT2D eigenvalue weighted by Gasteiger charge is 2.27. The monoisotopic (exact) mass is 389 g/mol. The molecule has 1 saturated heterocycles. The Bertz CT molecular complexity index is 667. The Kier molecular flexibility index (Phi) is 8.29. The molecule has 1 atom stereocenters. The number of rotatable bonds is 8. The number of nitrogens with one attached hydrogen (secondary N) is 2. The molecule has 7 heteroatoms. The van der Waals surface area contributed by atoms with E-state index in [0.29, 0.717) is 38.1 Å². The summed E-state index contributed by atoms with van der Waals surface area (Å²) in [5, 5.41) is 6.02. The summed E-state index contributed by atoms with van der Waals surface area (Å²) in [6, 6.07) is 7.22. The van der Waals surface area contributed by atoms with Gasteiger partial charge in [-0.15, -0.1) is 0 Å². The summed E-state index contributed by atoms with van der Waals surface area (Å²) in [6.45, 7) is 7.50. The predicted molar refractivity (Wildman–Crippen MR) is 108 cm³/mol. The maximum atomic E-state index is 12.4. The van der Waals surface area contributed by atoms with Gasteiger partial charge in [0.1, 0.15) is 0 Å². The molecule has 7 nitrogen and oxygen atoms in total. The lowest BCUT2D eigenvalue weighted by molar-refractivity contribution is -0.151. The van der Waals surface area contributed by atoms with Crippen LogP contribution in [0.2, 0.25) is 0 Å². The van der Waals surface area contributed by atoms with E-state index in [0.717, 1.165) is 12.1 Å². The van der Waals surface area contributed by atoms with E-state index in [1.807, 2.05) is 13.8 Å². The minimum Gasteiger partial charge on any atom is -0.466 e. The molecule has 1 aromatic carbocycles. The van der Waals surface area contributed by atoms with Gasteiger partial charge in [0, 0.05) is 30.4 Å². The normalized spacial score (nSPS) is 15.6. The van der Waals surface area contributed by atoms with Crippen molar-refractivity contribution in [3.63, 3.8) is 0 Å². The van der Waals surface area contributed by atoms with Crippen LogP contribution in [-0.2, 0) is 14.3 Å². The molecule has 1 unspecified atom stereocenters. The second-order valence-electron chi connectivity index (χ2n) is 7.12. The quantitative estimate of drug-likeness (QED) is 0.667. The van der Waals surface area contributed by atoms with Crippen LogP contribution in [0.4, 0.5) is 5.69 Å². The predicted octanol–water partition coefficient (Wildman–Crippen LogP) is 2.43. The summed E-state index contributed by atoms with van der Waals surface area (Å²) in [7, 11) is 0. The molecule has 2 amide bonds. The first-order valence-electron chi connectivity index (χ1n) is 10.0. The second kappa shape index (κ2) is 10.7. The van der Waals surface area contributed by atoms with Gasteiger partial charge in [0.2, 0.25) is 5.91 Å². The van der Waals surface area contributed by atoms with Crippen LogP contribution in [0.3, 0.4) is 0 Å². The zero-order valence-corrected chi connectivity index (χ0v) is 17.0. The molecule has 0 spiro atoms. The lowest BCUT2D eigenvalue weighted by atomic mass is 9.97. The van der Waals surface area contributed by atoms with Gasteiger partial charge in [0.15, 0.2) is 0 Å². The molecule has 28 heavy (non-hydrogen) atoms. The Labute approximate surface area is 166 Å². The van der Waals surface area contributed by atoms with Gasteiger partial charge >= 0.3 is 5.97 Å². The molecule has 0 aliphatic carbocycles. The fourth-order valence-electron chi connectivity index (χ4n) is 3.06. The van der Waals surface area contributed by atoms with Crippen molar-refractivity contribution < 1.29 is 19.1 Å². The van der Waals surface area contributed by atoms with E-state index in [9.17, 15) is 14.4 Å². The highest BCUT2D eigenvalue weighted by molar-refractivity contribution is 5.94. The second-order valence-corrected chi connectivity index (χ2v) is 7.12. The number of carbonyl (C=O) groups excluding carboxylic acids is 3. The van der Waals surface area contributed by atoms with Crippen LogP contribution in [0.5, 0.6) is 0 Å². The zero-order valence-electron chi connectivity index (χ0n) is 17.0. The number of hydrogen-bond donors (Lipinski definition) is 2. The Morgan fingerprint density at radius 3 is 2.36 bits per heavy atom. The summed E-state index contributed by atoms with van der Waals surface area (Å²) >= 11 is 0. The number of amides is 2. The third kappa shape index (κ3) is 6.25. The molecule has 1 aliphatic heterocycles. The number of anilines is 1. The average molecular weight is 389 g/mol. The van der Waals surface area contributed by atoms with Gasteiger partial charge in [-0.25, -0.2) is 0 Å². The topological polar surface area (TPSA) is 87.7 Å². The van der Waals surface area contributed by atoms with Crippen molar-refractivity contribution in [1.29, 1.82) is 0 Å². The third-order valence-electron chi connectivity index (χ3n) is 5.05. The number of piperidine rings is 1. The van der Waals surface area contributed by atoms with Crippen LogP contribution in [-0.4, -0.2) is 55.0 Å². The molecule has 1 aromatic rings. The highest BCUT2D eigenvalue weighted by Crippen LogP contribution is 2.19. The number of carbonyl (C=O) groups is 3. The fourth-order valence-corrected chi connectivity index (χ4v) is 3.06. The van der Waals surface area contributed by atoms with E-state index in [1.165, 1.54) is 0 Å². The molecular formula is C21H31N3O4. The van der Waals surface area contributed by atoms with Gasteiger partial charge in [-0.1, -0.05) is 6.92 Å². The third-order valence-corrected chi connectivity index (χ3v) is 5.05. The van der Waals surface area contributed by atoms with E-state index >= 15 is 0 Å². The van der Waals surface area contributed by atoms with E-state index in [1.54, 1.807) is 36.1 Å². The number of benzene rings is 1. The first-order chi connectivity index (χ1) is 13.4. The highest BCUT2D eigenvalue weighted by atomic mass is 16.5. The lowest BCUT2D eigenvalue weighted by Gasteiger charge is -2.31. The first-order valence-corrected chi connectivity index (χ1v) is 10.0. The van der Waals surface area contributed by atoms with Gasteiger partial charge in [0.25, 0.3) is 5.91 Å². The number of esters is 1. The number of nitrogens with zero attached hydrogens (tertiary/aromatic N) is 1. The maximum absolute atomic E-state index is 12.4. The van der Waals surface area contributed by atoms with E-state index < -0.39 is 0 Å². The fraction of sp³-hybridized carbons (Fsp3) is 0.571. The Morgan fingerprint density at radius 2 is 1.79 bits per heavy atom. The van der Waals surface area contributed by atoms with Crippen molar-refractivity contribution >= 4 is 23.5 Å². The van der Waals surface area contributed by atoms with Gasteiger partial charge < -0.3 is 20.3 Å². The van der Waals surface area contributed by atoms with Crippen LogP contribution in [0.1, 0.15) is 50.4 Å². The van der Waals surface area contributed by atoms with Crippen LogP contribution < -0.4 is 10.6 Å². The van der Waals surface area contributed by atoms with Crippen LogP contribution in [0, 0.1) is 5.92 Å². The number of ether oxygens (including phenoxy) is 1. The van der Waals surface area contributed by atoms with Crippen molar-refractivity contribution in [2.75, 3.05) is 31.6 Å². The zero-order chi connectivity index (χ0) is 20.5. The Hall–Kier alpha value is -2.57. The Balaban J connectivity index is 1.77. The van der Waals surface area contributed by atoms with Crippen molar-refractivity contribution in [2.45, 2.75) is 46.1 Å². The summed E-state index contributed by atoms with van der Waals surface area (Å²) in [6.07, 6.45) is 2.17. The smallest absolute Gasteiger partial charge is 0.309 e. The standard InChI is InChI=1S/C21H31N3O4/c1-4-15(3)23-20(26)16-6-8-18(9-7-16)22-14-19(25)24-12-10-17(11-13-24)21(27)28-5-2/h6-9,15,17,22H,4-5,10-14H2,1-3H3,(H,23,26). The van der Waals surface area contributed by atoms with Crippen LogP contribution >= 0.6 is 0 Å².